The molecule has 4 nitrogen and oxygen atoms in total. The number of amides is 1. The van der Waals surface area contributed by atoms with Crippen molar-refractivity contribution in [2.75, 3.05) is 26.7 Å². The predicted molar refractivity (Wildman–Crippen MR) is 95.3 cm³/mol. The first-order chi connectivity index (χ1) is 12.2. The SMILES string of the molecule is COc1ccc([C@@H](CNC(=O)c2ccccc2F)N2CCCC2)cc1. The fourth-order valence-electron chi connectivity index (χ4n) is 3.27. The van der Waals surface area contributed by atoms with E-state index < -0.39 is 5.82 Å². The van der Waals surface area contributed by atoms with E-state index in [0.29, 0.717) is 6.54 Å². The molecular weight excluding hydrogens is 319 g/mol. The monoisotopic (exact) mass is 342 g/mol. The van der Waals surface area contributed by atoms with Gasteiger partial charge in [0.15, 0.2) is 0 Å². The highest BCUT2D eigenvalue weighted by atomic mass is 19.1. The van der Waals surface area contributed by atoms with E-state index in [9.17, 15) is 9.18 Å². The van der Waals surface area contributed by atoms with Crippen molar-refractivity contribution < 1.29 is 13.9 Å². The molecule has 0 bridgehead atoms. The number of carbonyl (C=O) groups is 1. The molecule has 1 saturated heterocycles. The van der Waals surface area contributed by atoms with Crippen LogP contribution in [0.5, 0.6) is 5.75 Å². The number of carbonyl (C=O) groups excluding carboxylic acids is 1. The van der Waals surface area contributed by atoms with Crippen LogP contribution in [0.3, 0.4) is 0 Å². The van der Waals surface area contributed by atoms with Gasteiger partial charge in [0.05, 0.1) is 18.7 Å². The minimum atomic E-state index is -0.498. The quantitative estimate of drug-likeness (QED) is 0.875. The summed E-state index contributed by atoms with van der Waals surface area (Å²) in [5.41, 5.74) is 1.20. The lowest BCUT2D eigenvalue weighted by molar-refractivity contribution is 0.0934. The zero-order chi connectivity index (χ0) is 17.6. The summed E-state index contributed by atoms with van der Waals surface area (Å²) in [6.07, 6.45) is 2.32. The van der Waals surface area contributed by atoms with Crippen molar-refractivity contribution in [1.29, 1.82) is 0 Å². The molecule has 25 heavy (non-hydrogen) atoms. The molecule has 0 unspecified atom stereocenters. The second kappa shape index (κ2) is 8.12. The topological polar surface area (TPSA) is 41.6 Å². The van der Waals surface area contributed by atoms with Crippen molar-refractivity contribution in [3.05, 3.63) is 65.5 Å². The largest absolute Gasteiger partial charge is 0.497 e. The highest BCUT2D eigenvalue weighted by molar-refractivity contribution is 5.94. The minimum Gasteiger partial charge on any atom is -0.497 e. The maximum Gasteiger partial charge on any atom is 0.254 e. The highest BCUT2D eigenvalue weighted by Gasteiger charge is 2.24. The highest BCUT2D eigenvalue weighted by Crippen LogP contribution is 2.26. The van der Waals surface area contributed by atoms with E-state index in [1.165, 1.54) is 12.1 Å². The van der Waals surface area contributed by atoms with Crippen LogP contribution in [0, 0.1) is 5.82 Å². The summed E-state index contributed by atoms with van der Waals surface area (Å²) < 4.78 is 19.0. The normalized spacial score (nSPS) is 15.8. The molecule has 5 heteroatoms. The van der Waals surface area contributed by atoms with Crippen LogP contribution in [-0.4, -0.2) is 37.6 Å². The Kier molecular flexibility index (Phi) is 5.66. The van der Waals surface area contributed by atoms with Crippen LogP contribution in [0.4, 0.5) is 4.39 Å². The van der Waals surface area contributed by atoms with Gasteiger partial charge in [-0.05, 0) is 55.8 Å². The number of hydrogen-bond donors (Lipinski definition) is 1. The van der Waals surface area contributed by atoms with Crippen LogP contribution < -0.4 is 10.1 Å². The van der Waals surface area contributed by atoms with Crippen molar-refractivity contribution in [3.63, 3.8) is 0 Å². The first-order valence-electron chi connectivity index (χ1n) is 8.60. The van der Waals surface area contributed by atoms with Gasteiger partial charge in [-0.1, -0.05) is 24.3 Å². The second-order valence-corrected chi connectivity index (χ2v) is 6.22. The molecule has 0 aromatic heterocycles. The fourth-order valence-corrected chi connectivity index (χ4v) is 3.27. The van der Waals surface area contributed by atoms with Crippen LogP contribution in [-0.2, 0) is 0 Å². The average molecular weight is 342 g/mol. The number of methoxy groups -OCH3 is 1. The van der Waals surface area contributed by atoms with Gasteiger partial charge in [-0.2, -0.15) is 0 Å². The zero-order valence-corrected chi connectivity index (χ0v) is 14.4. The summed E-state index contributed by atoms with van der Waals surface area (Å²) in [6.45, 7) is 2.46. The Balaban J connectivity index is 1.73. The van der Waals surface area contributed by atoms with Crippen LogP contribution in [0.1, 0.15) is 34.8 Å². The van der Waals surface area contributed by atoms with Gasteiger partial charge in [0, 0.05) is 6.54 Å². The van der Waals surface area contributed by atoms with Crippen molar-refractivity contribution in [2.45, 2.75) is 18.9 Å². The van der Waals surface area contributed by atoms with Gasteiger partial charge < -0.3 is 10.1 Å². The van der Waals surface area contributed by atoms with E-state index in [1.54, 1.807) is 19.2 Å². The van der Waals surface area contributed by atoms with E-state index >= 15 is 0 Å². The number of hydrogen-bond acceptors (Lipinski definition) is 3. The molecule has 0 saturated carbocycles. The van der Waals surface area contributed by atoms with Crippen LogP contribution in [0.25, 0.3) is 0 Å². The Labute approximate surface area is 147 Å². The number of benzene rings is 2. The summed E-state index contributed by atoms with van der Waals surface area (Å²) in [6, 6.07) is 14.0. The van der Waals surface area contributed by atoms with Gasteiger partial charge in [0.2, 0.25) is 0 Å². The summed E-state index contributed by atoms with van der Waals surface area (Å²) in [5, 5.41) is 2.89. The van der Waals surface area contributed by atoms with Gasteiger partial charge in [-0.25, -0.2) is 4.39 Å². The number of nitrogens with zero attached hydrogens (tertiary/aromatic N) is 1. The number of ether oxygens (including phenoxy) is 1. The van der Waals surface area contributed by atoms with Crippen molar-refractivity contribution >= 4 is 5.91 Å². The Hall–Kier alpha value is -2.40. The molecule has 1 aliphatic rings. The number of rotatable bonds is 6. The molecule has 0 spiro atoms. The summed E-state index contributed by atoms with van der Waals surface area (Å²) in [7, 11) is 1.64. The summed E-state index contributed by atoms with van der Waals surface area (Å²) in [4.78, 5) is 14.7. The second-order valence-electron chi connectivity index (χ2n) is 6.22. The molecule has 2 aromatic rings. The molecular formula is C20H23FN2O2. The average Bonchev–Trinajstić information content (AvgIpc) is 3.17. The molecule has 1 atom stereocenters. The first-order valence-corrected chi connectivity index (χ1v) is 8.60. The Morgan fingerprint density at radius 3 is 2.48 bits per heavy atom. The molecule has 2 aromatic carbocycles. The standard InChI is InChI=1S/C20H23FN2O2/c1-25-16-10-8-15(9-11-16)19(23-12-4-5-13-23)14-22-20(24)17-6-2-3-7-18(17)21/h2-3,6-11,19H,4-5,12-14H2,1H3,(H,22,24)/t19-/m1/s1. The van der Waals surface area contributed by atoms with Crippen molar-refractivity contribution in [1.82, 2.24) is 10.2 Å². The molecule has 1 fully saturated rings. The Morgan fingerprint density at radius 1 is 1.16 bits per heavy atom. The van der Waals surface area contributed by atoms with Crippen molar-refractivity contribution in [3.8, 4) is 5.75 Å². The van der Waals surface area contributed by atoms with E-state index in [-0.39, 0.29) is 17.5 Å². The maximum atomic E-state index is 13.8. The Bertz CT molecular complexity index is 712. The molecule has 1 heterocycles. The number of halogens is 1. The third kappa shape index (κ3) is 4.17. The van der Waals surface area contributed by atoms with Gasteiger partial charge in [-0.15, -0.1) is 0 Å². The Morgan fingerprint density at radius 2 is 1.84 bits per heavy atom. The molecule has 1 amide bonds. The molecule has 132 valence electrons. The smallest absolute Gasteiger partial charge is 0.254 e. The maximum absolute atomic E-state index is 13.8. The van der Waals surface area contributed by atoms with E-state index in [1.807, 2.05) is 24.3 Å². The first kappa shape index (κ1) is 17.4. The lowest BCUT2D eigenvalue weighted by Crippen LogP contribution is -2.37. The lowest BCUT2D eigenvalue weighted by atomic mass is 10.0. The molecule has 1 aliphatic heterocycles. The van der Waals surface area contributed by atoms with Gasteiger partial charge in [0.1, 0.15) is 11.6 Å². The predicted octanol–water partition coefficient (Wildman–Crippen LogP) is 3.40. The van der Waals surface area contributed by atoms with Crippen LogP contribution >= 0.6 is 0 Å². The van der Waals surface area contributed by atoms with Gasteiger partial charge in [-0.3, -0.25) is 9.69 Å². The molecule has 1 N–H and O–H groups in total. The summed E-state index contributed by atoms with van der Waals surface area (Å²) in [5.74, 6) is -0.0720. The minimum absolute atomic E-state index is 0.0733. The number of nitrogens with one attached hydrogen (secondary N) is 1. The van der Waals surface area contributed by atoms with Crippen LogP contribution in [0.2, 0.25) is 0 Å². The van der Waals surface area contributed by atoms with Crippen LogP contribution in [0.15, 0.2) is 48.5 Å². The summed E-state index contributed by atoms with van der Waals surface area (Å²) >= 11 is 0. The number of likely N-dealkylation sites (tertiary alicyclic amines) is 1. The lowest BCUT2D eigenvalue weighted by Gasteiger charge is -2.28. The van der Waals surface area contributed by atoms with Gasteiger partial charge in [0.25, 0.3) is 5.91 Å². The van der Waals surface area contributed by atoms with Crippen molar-refractivity contribution in [2.24, 2.45) is 0 Å². The molecule has 0 aliphatic carbocycles. The van der Waals surface area contributed by atoms with Gasteiger partial charge >= 0.3 is 0 Å². The third-order valence-corrected chi connectivity index (χ3v) is 4.66. The fraction of sp³-hybridized carbons (Fsp3) is 0.350. The van der Waals surface area contributed by atoms with E-state index in [0.717, 1.165) is 37.2 Å². The zero-order valence-electron chi connectivity index (χ0n) is 14.4. The molecule has 0 radical (unpaired) electrons. The molecule has 3 rings (SSSR count). The van der Waals surface area contributed by atoms with E-state index in [2.05, 4.69) is 10.2 Å². The third-order valence-electron chi connectivity index (χ3n) is 4.66. The van der Waals surface area contributed by atoms with E-state index in [4.69, 9.17) is 4.74 Å².